The van der Waals surface area contributed by atoms with Crippen LogP contribution in [0.4, 0.5) is 5.13 Å². The number of benzene rings is 2. The number of hydrogen-bond donors (Lipinski definition) is 1. The molecule has 1 aliphatic heterocycles. The van der Waals surface area contributed by atoms with Gasteiger partial charge in [0.15, 0.2) is 17.3 Å². The van der Waals surface area contributed by atoms with Crippen molar-refractivity contribution in [3.63, 3.8) is 0 Å². The zero-order chi connectivity index (χ0) is 18.6. The van der Waals surface area contributed by atoms with E-state index in [4.69, 9.17) is 21.1 Å². The molecule has 1 amide bonds. The van der Waals surface area contributed by atoms with Crippen LogP contribution in [-0.2, 0) is 11.2 Å². The lowest BCUT2D eigenvalue weighted by atomic mass is 10.1. The summed E-state index contributed by atoms with van der Waals surface area (Å²) in [6.45, 7) is 1.12. The second kappa shape index (κ2) is 7.94. The number of halogens is 1. The number of carbonyl (C=O) groups excluding carboxylic acids is 1. The summed E-state index contributed by atoms with van der Waals surface area (Å²) in [5.41, 5.74) is 1.65. The Hall–Kier alpha value is -2.64. The van der Waals surface area contributed by atoms with Crippen LogP contribution in [0, 0.1) is 0 Å². The van der Waals surface area contributed by atoms with Gasteiger partial charge in [0, 0.05) is 23.5 Å². The summed E-state index contributed by atoms with van der Waals surface area (Å²) in [5, 5.41) is 3.68. The maximum absolute atomic E-state index is 12.4. The van der Waals surface area contributed by atoms with Gasteiger partial charge in [0.05, 0.1) is 24.7 Å². The van der Waals surface area contributed by atoms with Crippen molar-refractivity contribution >= 4 is 34.2 Å². The average Bonchev–Trinajstić information content (AvgIpc) is 2.98. The van der Waals surface area contributed by atoms with E-state index in [1.807, 2.05) is 30.3 Å². The van der Waals surface area contributed by atoms with Crippen LogP contribution in [0.2, 0.25) is 5.02 Å². The molecule has 1 N–H and O–H groups in total. The second-order valence-electron chi connectivity index (χ2n) is 5.97. The first kappa shape index (κ1) is 17.8. The van der Waals surface area contributed by atoms with E-state index in [1.165, 1.54) is 0 Å². The average molecular weight is 402 g/mol. The molecule has 3 aromatic rings. The van der Waals surface area contributed by atoms with E-state index in [1.54, 1.807) is 12.1 Å². The number of carbonyl (C=O) groups is 1. The molecule has 0 saturated carbocycles. The highest BCUT2D eigenvalue weighted by Crippen LogP contribution is 2.38. The molecule has 2 heterocycles. The summed E-state index contributed by atoms with van der Waals surface area (Å²) in [6, 6.07) is 13.1. The lowest BCUT2D eigenvalue weighted by Crippen LogP contribution is -2.14. The first-order chi connectivity index (χ1) is 13.2. The Balaban J connectivity index is 1.45. The summed E-state index contributed by atoms with van der Waals surface area (Å²) in [5.74, 6) is 1.51. The van der Waals surface area contributed by atoms with Crippen molar-refractivity contribution < 1.29 is 14.3 Å². The third-order valence-corrected chi connectivity index (χ3v) is 4.84. The van der Waals surface area contributed by atoms with Gasteiger partial charge in [0.25, 0.3) is 0 Å². The van der Waals surface area contributed by atoms with Gasteiger partial charge in [-0.1, -0.05) is 41.9 Å². The van der Waals surface area contributed by atoms with Crippen molar-refractivity contribution in [1.29, 1.82) is 0 Å². The van der Waals surface area contributed by atoms with Crippen LogP contribution in [0.25, 0.3) is 11.4 Å². The number of aromatic nitrogens is 2. The predicted molar refractivity (Wildman–Crippen MR) is 105 cm³/mol. The topological polar surface area (TPSA) is 73.3 Å². The van der Waals surface area contributed by atoms with Gasteiger partial charge in [0.1, 0.15) is 0 Å². The number of anilines is 1. The number of rotatable bonds is 4. The number of ether oxygens (including phenoxy) is 2. The summed E-state index contributed by atoms with van der Waals surface area (Å²) in [4.78, 5) is 16.8. The first-order valence-corrected chi connectivity index (χ1v) is 9.61. The highest BCUT2D eigenvalue weighted by atomic mass is 35.5. The molecule has 138 valence electrons. The van der Waals surface area contributed by atoms with Crippen molar-refractivity contribution in [3.8, 4) is 22.9 Å². The molecule has 8 heteroatoms. The molecule has 27 heavy (non-hydrogen) atoms. The minimum absolute atomic E-state index is 0.149. The van der Waals surface area contributed by atoms with Crippen molar-refractivity contribution in [1.82, 2.24) is 9.36 Å². The standard InChI is InChI=1S/C19H16ClN3O3S/c20-14-9-12(10-15-17(14)26-8-4-7-25-15)11-16(24)21-19-22-18(23-27-19)13-5-2-1-3-6-13/h1-3,5-6,9-10H,4,7-8,11H2,(H,21,22,23,24). The van der Waals surface area contributed by atoms with Gasteiger partial charge in [-0.25, -0.2) is 0 Å². The lowest BCUT2D eigenvalue weighted by Gasteiger charge is -2.11. The first-order valence-electron chi connectivity index (χ1n) is 8.46. The number of fused-ring (bicyclic) bond motifs is 1. The van der Waals surface area contributed by atoms with Crippen LogP contribution in [0.15, 0.2) is 42.5 Å². The fourth-order valence-electron chi connectivity index (χ4n) is 2.71. The molecule has 4 rings (SSSR count). The molecule has 6 nitrogen and oxygen atoms in total. The van der Waals surface area contributed by atoms with Gasteiger partial charge in [0.2, 0.25) is 11.0 Å². The number of amides is 1. The highest BCUT2D eigenvalue weighted by Gasteiger charge is 2.17. The largest absolute Gasteiger partial charge is 0.489 e. The SMILES string of the molecule is O=C(Cc1cc(Cl)c2c(c1)OCCCO2)Nc1nc(-c2ccccc2)ns1. The van der Waals surface area contributed by atoms with E-state index < -0.39 is 0 Å². The minimum atomic E-state index is -0.198. The molecule has 0 fully saturated rings. The normalized spacial score (nSPS) is 13.1. The Kier molecular flexibility index (Phi) is 5.22. The van der Waals surface area contributed by atoms with Crippen molar-refractivity contribution in [2.45, 2.75) is 12.8 Å². The van der Waals surface area contributed by atoms with E-state index in [2.05, 4.69) is 14.7 Å². The molecule has 1 aliphatic rings. The summed E-state index contributed by atoms with van der Waals surface area (Å²) >= 11 is 7.43. The molecule has 0 unspecified atom stereocenters. The molecule has 0 saturated heterocycles. The quantitative estimate of drug-likeness (QED) is 0.709. The molecule has 0 bridgehead atoms. The van der Waals surface area contributed by atoms with Crippen LogP contribution in [-0.4, -0.2) is 28.5 Å². The summed E-state index contributed by atoms with van der Waals surface area (Å²) in [7, 11) is 0. The van der Waals surface area contributed by atoms with Crippen molar-refractivity contribution in [2.75, 3.05) is 18.5 Å². The fourth-order valence-corrected chi connectivity index (χ4v) is 3.61. The number of hydrogen-bond acceptors (Lipinski definition) is 6. The van der Waals surface area contributed by atoms with Gasteiger partial charge in [-0.3, -0.25) is 4.79 Å². The number of nitrogens with one attached hydrogen (secondary N) is 1. The Labute approximate surface area is 165 Å². The third kappa shape index (κ3) is 4.20. The van der Waals surface area contributed by atoms with Crippen LogP contribution in [0.1, 0.15) is 12.0 Å². The molecule has 0 spiro atoms. The molecule has 1 aromatic heterocycles. The van der Waals surface area contributed by atoms with Crippen LogP contribution < -0.4 is 14.8 Å². The fraction of sp³-hybridized carbons (Fsp3) is 0.211. The Morgan fingerprint density at radius 2 is 2.00 bits per heavy atom. The molecule has 0 atom stereocenters. The Morgan fingerprint density at radius 1 is 1.19 bits per heavy atom. The van der Waals surface area contributed by atoms with Gasteiger partial charge in [-0.05, 0) is 17.7 Å². The van der Waals surface area contributed by atoms with E-state index in [9.17, 15) is 4.79 Å². The minimum Gasteiger partial charge on any atom is -0.489 e. The summed E-state index contributed by atoms with van der Waals surface area (Å²) in [6.07, 6.45) is 0.943. The monoisotopic (exact) mass is 401 g/mol. The smallest absolute Gasteiger partial charge is 0.230 e. The Bertz CT molecular complexity index is 962. The third-order valence-electron chi connectivity index (χ3n) is 3.93. The molecule has 0 radical (unpaired) electrons. The lowest BCUT2D eigenvalue weighted by molar-refractivity contribution is -0.115. The Morgan fingerprint density at radius 3 is 2.85 bits per heavy atom. The predicted octanol–water partition coefficient (Wildman–Crippen LogP) is 4.20. The van der Waals surface area contributed by atoms with Crippen LogP contribution >= 0.6 is 23.1 Å². The molecular formula is C19H16ClN3O3S. The maximum Gasteiger partial charge on any atom is 0.230 e. The molecular weight excluding hydrogens is 386 g/mol. The maximum atomic E-state index is 12.4. The van der Waals surface area contributed by atoms with E-state index in [0.717, 1.165) is 29.1 Å². The number of nitrogens with zero attached hydrogens (tertiary/aromatic N) is 2. The van der Waals surface area contributed by atoms with Crippen molar-refractivity contribution in [2.24, 2.45) is 0 Å². The van der Waals surface area contributed by atoms with Gasteiger partial charge < -0.3 is 14.8 Å². The highest BCUT2D eigenvalue weighted by molar-refractivity contribution is 7.10. The van der Waals surface area contributed by atoms with E-state index in [0.29, 0.717) is 40.7 Å². The summed E-state index contributed by atoms with van der Waals surface area (Å²) < 4.78 is 15.6. The second-order valence-corrected chi connectivity index (χ2v) is 7.13. The molecule has 0 aliphatic carbocycles. The molecule has 2 aromatic carbocycles. The zero-order valence-corrected chi connectivity index (χ0v) is 15.8. The zero-order valence-electron chi connectivity index (χ0n) is 14.3. The van der Waals surface area contributed by atoms with E-state index in [-0.39, 0.29) is 12.3 Å². The van der Waals surface area contributed by atoms with Gasteiger partial charge >= 0.3 is 0 Å². The van der Waals surface area contributed by atoms with Crippen LogP contribution in [0.3, 0.4) is 0 Å². The van der Waals surface area contributed by atoms with Gasteiger partial charge in [-0.2, -0.15) is 9.36 Å². The van der Waals surface area contributed by atoms with Crippen molar-refractivity contribution in [3.05, 3.63) is 53.1 Å². The van der Waals surface area contributed by atoms with Crippen LogP contribution in [0.5, 0.6) is 11.5 Å². The van der Waals surface area contributed by atoms with E-state index >= 15 is 0 Å². The van der Waals surface area contributed by atoms with Gasteiger partial charge in [-0.15, -0.1) is 0 Å².